The molecule has 2 saturated heterocycles. The molecule has 10 rings (SSSR count). The van der Waals surface area contributed by atoms with Gasteiger partial charge in [0.15, 0.2) is 23.0 Å². The maximum atomic E-state index is 13.7. The molecule has 0 aromatic heterocycles. The number of halogens is 2. The summed E-state index contributed by atoms with van der Waals surface area (Å²) in [5.74, 6) is -3.75. The zero-order valence-electron chi connectivity index (χ0n) is 46.0. The van der Waals surface area contributed by atoms with E-state index in [-0.39, 0.29) is 35.3 Å². The second-order valence-corrected chi connectivity index (χ2v) is 15.1. The van der Waals surface area contributed by atoms with Crippen molar-refractivity contribution in [3.63, 3.8) is 0 Å². The maximum Gasteiger partial charge on any atom is 0.231 e. The maximum absolute atomic E-state index is 13.7. The number of fused-ring (bicyclic) bond motifs is 2. The summed E-state index contributed by atoms with van der Waals surface area (Å²) in [7, 11) is 0. The van der Waals surface area contributed by atoms with Gasteiger partial charge in [-0.2, -0.15) is 0 Å². The Balaban J connectivity index is 0.000000169. The molecule has 4 aliphatic rings. The highest BCUT2D eigenvalue weighted by molar-refractivity contribution is 5.47. The molecule has 4 atom stereocenters. The molecule has 6 aromatic carbocycles. The van der Waals surface area contributed by atoms with Crippen LogP contribution in [0.25, 0.3) is 0 Å². The number of aromatic hydroxyl groups is 1. The first kappa shape index (κ1) is 30.8. The lowest BCUT2D eigenvalue weighted by atomic mass is 9.80. The van der Waals surface area contributed by atoms with Crippen LogP contribution < -0.4 is 23.7 Å². The van der Waals surface area contributed by atoms with Crippen LogP contribution in [-0.4, -0.2) is 72.7 Å². The monoisotopic (exact) mass is 868 g/mol. The second kappa shape index (κ2) is 21.3. The molecular formula is C52H54F2N2O7. The molecule has 0 radical (unpaired) electrons. The standard InChI is InChI=1S/C26H26FNO3.C19H22FNO.C7H6O3/c27-22-8-6-20(7-9-22)24-12-13-28(15-19-4-2-1-3-5-19)16-21(24)17-29-23-10-11-25-26(14-23)31-18-30-25;20-18-8-6-16(7-9-18)19-10-11-21(13-17(19)14-22)12-15-4-2-1-3-5-15;8-5-1-2-6-7(3-5)10-4-9-6/h1-11,14,21,24H,12-13,15-18H2;1-9,17,19,22H,10-14H2;1-3,8H,4H2/t21-,24-;17-,19-;/m11./s1/i16D2,17D2,18D2;13D2,14D2;4D2. The van der Waals surface area contributed by atoms with Crippen molar-refractivity contribution in [2.24, 2.45) is 11.8 Å². The third-order valence-electron chi connectivity index (χ3n) is 10.8. The van der Waals surface area contributed by atoms with Crippen LogP contribution in [0.3, 0.4) is 0 Å². The highest BCUT2D eigenvalue weighted by Gasteiger charge is 2.32. The number of nitrogens with zero attached hydrogens (tertiary/aromatic N) is 2. The zero-order valence-corrected chi connectivity index (χ0v) is 34.0. The Morgan fingerprint density at radius 1 is 0.587 bits per heavy atom. The number of ether oxygens (including phenoxy) is 5. The summed E-state index contributed by atoms with van der Waals surface area (Å²) in [6.45, 7) is -12.5. The van der Waals surface area contributed by atoms with Gasteiger partial charge in [0, 0.05) is 62.1 Å². The average molecular weight is 869 g/mol. The van der Waals surface area contributed by atoms with Gasteiger partial charge in [-0.15, -0.1) is 0 Å². The summed E-state index contributed by atoms with van der Waals surface area (Å²) in [6, 6.07) is 38.5. The Kier molecular flexibility index (Phi) is 10.4. The predicted molar refractivity (Wildman–Crippen MR) is 237 cm³/mol. The molecular weight excluding hydrogens is 803 g/mol. The fraction of sp³-hybridized carbons (Fsp3) is 0.308. The Morgan fingerprint density at radius 3 is 1.60 bits per heavy atom. The number of phenols is 1. The van der Waals surface area contributed by atoms with E-state index in [0.29, 0.717) is 49.4 Å². The van der Waals surface area contributed by atoms with E-state index >= 15 is 0 Å². The van der Waals surface area contributed by atoms with Crippen LogP contribution in [0.4, 0.5) is 8.78 Å². The van der Waals surface area contributed by atoms with E-state index in [9.17, 15) is 13.9 Å². The number of hydrogen-bond donors (Lipinski definition) is 2. The third-order valence-corrected chi connectivity index (χ3v) is 10.8. The number of rotatable bonds is 10. The van der Waals surface area contributed by atoms with Crippen molar-refractivity contribution >= 4 is 0 Å². The Hall–Kier alpha value is -6.14. The first-order valence-corrected chi connectivity index (χ1v) is 20.4. The summed E-state index contributed by atoms with van der Waals surface area (Å²) in [4.78, 5) is 3.18. The van der Waals surface area contributed by atoms with Crippen LogP contribution in [0.2, 0.25) is 0 Å². The van der Waals surface area contributed by atoms with Crippen LogP contribution in [-0.2, 0) is 13.1 Å². The Bertz CT molecular complexity index is 2890. The molecule has 11 heteroatoms. The minimum Gasteiger partial charge on any atom is -0.508 e. The summed E-state index contributed by atoms with van der Waals surface area (Å²) >= 11 is 0. The van der Waals surface area contributed by atoms with Gasteiger partial charge in [-0.1, -0.05) is 84.9 Å². The number of likely N-dealkylation sites (tertiary alicyclic amines) is 2. The molecule has 0 unspecified atom stereocenters. The summed E-state index contributed by atoms with van der Waals surface area (Å²) in [5.41, 5.74) is 3.09. The molecule has 0 spiro atoms. The van der Waals surface area contributed by atoms with E-state index in [1.54, 1.807) is 34.1 Å². The van der Waals surface area contributed by atoms with Crippen LogP contribution >= 0.6 is 0 Å². The van der Waals surface area contributed by atoms with E-state index in [4.69, 9.17) is 45.2 Å². The van der Waals surface area contributed by atoms with Gasteiger partial charge >= 0.3 is 0 Å². The fourth-order valence-electron chi connectivity index (χ4n) is 7.58. The van der Waals surface area contributed by atoms with Gasteiger partial charge in [0.05, 0.1) is 12.0 Å². The number of benzene rings is 6. The van der Waals surface area contributed by atoms with E-state index in [0.717, 1.165) is 11.1 Å². The first-order valence-electron chi connectivity index (χ1n) is 26.4. The molecule has 2 N–H and O–H groups in total. The Morgan fingerprint density at radius 2 is 1.06 bits per heavy atom. The minimum atomic E-state index is -2.71. The Labute approximate surface area is 384 Å². The molecule has 6 aromatic rings. The minimum absolute atomic E-state index is 0.0232. The van der Waals surface area contributed by atoms with Crippen molar-refractivity contribution in [3.8, 4) is 34.5 Å². The van der Waals surface area contributed by atoms with Crippen molar-refractivity contribution in [1.29, 1.82) is 0 Å². The largest absolute Gasteiger partial charge is 0.508 e. The average Bonchev–Trinajstić information content (AvgIpc) is 3.82. The quantitative estimate of drug-likeness (QED) is 0.140. The van der Waals surface area contributed by atoms with E-state index in [1.807, 2.05) is 60.7 Å². The fourth-order valence-corrected chi connectivity index (χ4v) is 7.58. The van der Waals surface area contributed by atoms with Gasteiger partial charge in [0.1, 0.15) is 28.6 Å². The van der Waals surface area contributed by atoms with Gasteiger partial charge < -0.3 is 33.9 Å². The third kappa shape index (κ3) is 11.9. The van der Waals surface area contributed by atoms with Crippen molar-refractivity contribution in [2.45, 2.75) is 37.8 Å². The summed E-state index contributed by atoms with van der Waals surface area (Å²) in [5, 5.41) is 19.1. The molecule has 0 saturated carbocycles. The number of hydrogen-bond acceptors (Lipinski definition) is 9. The predicted octanol–water partition coefficient (Wildman–Crippen LogP) is 9.78. The summed E-state index contributed by atoms with van der Waals surface area (Å²) in [6.07, 6.45) is 0.912. The highest BCUT2D eigenvalue weighted by Crippen LogP contribution is 2.38. The molecule has 0 bridgehead atoms. The molecule has 0 aliphatic carbocycles. The SMILES string of the molecule is [2H]C([2H])(O)[C@@H]1[C@@H](c2ccc(F)cc2)CCN(Cc2ccccc2)C1([2H])[2H].[2H]C1([2H])Oc2ccc(O)cc2O1.[2H]C1([2H])Oc2ccc(OC([2H])([2H])[C@@H]3[C@@H](c4ccc(F)cc4)CCN(Cc4ccccc4)C3([2H])[2H])cc2O1. The molecule has 0 amide bonds. The number of phenolic OH excluding ortho intramolecular Hbond substituents is 1. The molecule has 63 heavy (non-hydrogen) atoms. The zero-order chi connectivity index (χ0) is 54.1. The molecule has 328 valence electrons. The van der Waals surface area contributed by atoms with Gasteiger partial charge in [0.2, 0.25) is 13.5 Å². The lowest BCUT2D eigenvalue weighted by molar-refractivity contribution is 0.0972. The normalized spacial score (nSPS) is 26.7. The van der Waals surface area contributed by atoms with Gasteiger partial charge in [-0.3, -0.25) is 9.80 Å². The van der Waals surface area contributed by atoms with Crippen molar-refractivity contribution in [3.05, 3.63) is 179 Å². The first-order chi connectivity index (χ1) is 35.2. The van der Waals surface area contributed by atoms with E-state index < -0.39 is 74.9 Å². The second-order valence-electron chi connectivity index (χ2n) is 15.1. The van der Waals surface area contributed by atoms with Crippen LogP contribution in [0.1, 0.15) is 63.4 Å². The summed E-state index contributed by atoms with van der Waals surface area (Å²) < 4.78 is 151. The smallest absolute Gasteiger partial charge is 0.231 e. The van der Waals surface area contributed by atoms with Crippen LogP contribution in [0.5, 0.6) is 34.5 Å². The number of piperidine rings is 2. The molecule has 2 fully saturated rings. The molecule has 4 aliphatic heterocycles. The van der Waals surface area contributed by atoms with Crippen LogP contribution in [0.15, 0.2) is 146 Å². The van der Waals surface area contributed by atoms with Crippen LogP contribution in [0, 0.1) is 23.5 Å². The lowest BCUT2D eigenvalue weighted by Gasteiger charge is -2.39. The van der Waals surface area contributed by atoms with Crippen molar-refractivity contribution < 1.29 is 59.1 Å². The van der Waals surface area contributed by atoms with Crippen molar-refractivity contribution in [2.75, 3.05) is 52.7 Å². The van der Waals surface area contributed by atoms with Gasteiger partial charge in [-0.05, 0) is 109 Å². The topological polar surface area (TPSA) is 93.1 Å². The van der Waals surface area contributed by atoms with Crippen molar-refractivity contribution in [1.82, 2.24) is 9.80 Å². The van der Waals surface area contributed by atoms with Gasteiger partial charge in [0.25, 0.3) is 0 Å². The van der Waals surface area contributed by atoms with E-state index in [2.05, 4.69) is 0 Å². The highest BCUT2D eigenvalue weighted by atomic mass is 19.1. The molecule has 9 nitrogen and oxygen atoms in total. The molecule has 4 heterocycles. The number of aliphatic hydroxyl groups is 1. The lowest BCUT2D eigenvalue weighted by Crippen LogP contribution is -2.41. The van der Waals surface area contributed by atoms with Gasteiger partial charge in [-0.25, -0.2) is 8.78 Å². The van der Waals surface area contributed by atoms with E-state index in [1.165, 1.54) is 60.7 Å².